The Kier molecular flexibility index (Phi) is 6.71. The number of imidazole rings is 1. The van der Waals surface area contributed by atoms with Crippen LogP contribution in [0.2, 0.25) is 0 Å². The summed E-state index contributed by atoms with van der Waals surface area (Å²) >= 11 is 0. The van der Waals surface area contributed by atoms with Crippen molar-refractivity contribution in [2.75, 3.05) is 0 Å². The molecule has 0 amide bonds. The summed E-state index contributed by atoms with van der Waals surface area (Å²) in [5, 5.41) is 17.6. The van der Waals surface area contributed by atoms with E-state index in [4.69, 9.17) is 0 Å². The Morgan fingerprint density at radius 1 is 1.06 bits per heavy atom. The number of hydrogen-bond donors (Lipinski definition) is 2. The van der Waals surface area contributed by atoms with E-state index in [-0.39, 0.29) is 5.69 Å². The molecule has 0 aliphatic carbocycles. The molecule has 9 heteroatoms. The predicted molar refractivity (Wildman–Crippen MR) is 140 cm³/mol. The zero-order valence-corrected chi connectivity index (χ0v) is 20.8. The molecule has 0 saturated heterocycles. The lowest BCUT2D eigenvalue weighted by atomic mass is 9.78. The Morgan fingerprint density at radius 2 is 1.92 bits per heavy atom. The van der Waals surface area contributed by atoms with E-state index in [1.165, 1.54) is 0 Å². The first-order chi connectivity index (χ1) is 17.6. The number of aromatic nitrogens is 7. The molecule has 0 unspecified atom stereocenters. The number of unbranched alkanes of at least 4 members (excludes halogenated alkanes) is 1. The third-order valence-corrected chi connectivity index (χ3v) is 6.75. The van der Waals surface area contributed by atoms with Crippen LogP contribution >= 0.6 is 0 Å². The highest BCUT2D eigenvalue weighted by Gasteiger charge is 2.31. The number of aromatic amines is 1. The number of rotatable bonds is 10. The third-order valence-electron chi connectivity index (χ3n) is 6.75. The molecule has 0 bridgehead atoms. The Bertz CT molecular complexity index is 1410. The molecule has 1 aromatic carbocycles. The molecule has 3 aromatic heterocycles. The van der Waals surface area contributed by atoms with Crippen molar-refractivity contribution >= 4 is 0 Å². The van der Waals surface area contributed by atoms with Crippen molar-refractivity contribution in [2.45, 2.75) is 58.0 Å². The number of aryl methyl sites for hydroxylation is 2. The second-order valence-corrected chi connectivity index (χ2v) is 9.21. The summed E-state index contributed by atoms with van der Waals surface area (Å²) in [7, 11) is 0. The summed E-state index contributed by atoms with van der Waals surface area (Å²) < 4.78 is 5.90. The van der Waals surface area contributed by atoms with Crippen LogP contribution in [0.5, 0.6) is 0 Å². The summed E-state index contributed by atoms with van der Waals surface area (Å²) in [5.74, 6) is 1.45. The highest BCUT2D eigenvalue weighted by atomic mass is 16.1. The highest BCUT2D eigenvalue weighted by Crippen LogP contribution is 2.33. The molecule has 1 aliphatic rings. The van der Waals surface area contributed by atoms with Crippen molar-refractivity contribution in [3.8, 4) is 17.2 Å². The van der Waals surface area contributed by atoms with E-state index in [0.29, 0.717) is 12.4 Å². The minimum absolute atomic E-state index is 0.0241. The average Bonchev–Trinajstić information content (AvgIpc) is 3.66. The zero-order chi connectivity index (χ0) is 25.0. The molecule has 9 nitrogen and oxygen atoms in total. The summed E-state index contributed by atoms with van der Waals surface area (Å²) in [5.41, 5.74) is 2.40. The molecule has 0 atom stereocenters. The quantitative estimate of drug-likeness (QED) is 0.355. The van der Waals surface area contributed by atoms with E-state index in [2.05, 4.69) is 74.8 Å². The molecule has 0 radical (unpaired) electrons. The van der Waals surface area contributed by atoms with Gasteiger partial charge in [-0.3, -0.25) is 9.13 Å². The fraction of sp³-hybridized carbons (Fsp3) is 0.333. The van der Waals surface area contributed by atoms with Gasteiger partial charge in [0.2, 0.25) is 5.82 Å². The van der Waals surface area contributed by atoms with Gasteiger partial charge in [0.05, 0.1) is 5.41 Å². The molecule has 4 aromatic rings. The molecule has 186 valence electrons. The third kappa shape index (κ3) is 4.44. The van der Waals surface area contributed by atoms with Gasteiger partial charge in [0.1, 0.15) is 5.82 Å². The van der Waals surface area contributed by atoms with Gasteiger partial charge in [0.25, 0.3) is 0 Å². The van der Waals surface area contributed by atoms with Gasteiger partial charge in [-0.05, 0) is 54.2 Å². The monoisotopic (exact) mass is 484 g/mol. The Hall–Kier alpha value is -4.14. The van der Waals surface area contributed by atoms with Gasteiger partial charge < -0.3 is 9.88 Å². The maximum atomic E-state index is 13.9. The van der Waals surface area contributed by atoms with Gasteiger partial charge in [0, 0.05) is 36.7 Å². The minimum Gasteiger partial charge on any atom is -0.368 e. The lowest BCUT2D eigenvalue weighted by Gasteiger charge is -2.31. The fourth-order valence-electron chi connectivity index (χ4n) is 4.84. The first kappa shape index (κ1) is 23.6. The van der Waals surface area contributed by atoms with E-state index in [1.54, 1.807) is 4.57 Å². The summed E-state index contributed by atoms with van der Waals surface area (Å²) in [6, 6.07) is 12.1. The van der Waals surface area contributed by atoms with Crippen molar-refractivity contribution in [2.24, 2.45) is 0 Å². The van der Waals surface area contributed by atoms with E-state index >= 15 is 0 Å². The molecule has 0 saturated carbocycles. The molecule has 5 rings (SSSR count). The normalized spacial score (nSPS) is 14.3. The van der Waals surface area contributed by atoms with Gasteiger partial charge in [0.15, 0.2) is 0 Å². The molecule has 0 spiro atoms. The van der Waals surface area contributed by atoms with Crippen LogP contribution < -0.4 is 11.0 Å². The van der Waals surface area contributed by atoms with Crippen LogP contribution in [0.15, 0.2) is 78.1 Å². The number of allylic oxidation sites excluding steroid dienone is 2. The van der Waals surface area contributed by atoms with Gasteiger partial charge >= 0.3 is 5.69 Å². The van der Waals surface area contributed by atoms with E-state index in [9.17, 15) is 4.79 Å². The van der Waals surface area contributed by atoms with Gasteiger partial charge in [-0.25, -0.2) is 4.79 Å². The average molecular weight is 485 g/mol. The number of benzene rings is 1. The number of nitrogens with zero attached hydrogens (tertiary/aromatic N) is 6. The maximum absolute atomic E-state index is 13.9. The molecule has 4 heterocycles. The van der Waals surface area contributed by atoms with Crippen molar-refractivity contribution in [1.29, 1.82) is 0 Å². The van der Waals surface area contributed by atoms with Crippen LogP contribution in [0.1, 0.15) is 44.4 Å². The molecular weight excluding hydrogens is 452 g/mol. The SMILES string of the molecule is CCCCn1cccc1-n1cc(CCC)n(CC2(c3cccc(-c4nn[nH]n4)c3)C=CNC=C2)c1=O. The number of hydrogen-bond acceptors (Lipinski definition) is 5. The number of H-pyrrole nitrogens is 1. The number of nitrogens with one attached hydrogen (secondary N) is 2. The van der Waals surface area contributed by atoms with E-state index in [0.717, 1.165) is 54.9 Å². The number of dihydropyridines is 1. The summed E-state index contributed by atoms with van der Waals surface area (Å²) in [6.45, 7) is 5.70. The second-order valence-electron chi connectivity index (χ2n) is 9.21. The Balaban J connectivity index is 1.59. The highest BCUT2D eigenvalue weighted by molar-refractivity contribution is 5.57. The first-order valence-electron chi connectivity index (χ1n) is 12.6. The van der Waals surface area contributed by atoms with Gasteiger partial charge in [-0.2, -0.15) is 5.21 Å². The van der Waals surface area contributed by atoms with Crippen LogP contribution in [0.4, 0.5) is 0 Å². The molecule has 1 aliphatic heterocycles. The second kappa shape index (κ2) is 10.2. The zero-order valence-electron chi connectivity index (χ0n) is 20.8. The van der Waals surface area contributed by atoms with Crippen LogP contribution in [-0.4, -0.2) is 34.3 Å². The summed E-state index contributed by atoms with van der Waals surface area (Å²) in [4.78, 5) is 13.9. The standard InChI is InChI=1S/C27H32N8O/c1-3-5-16-33-17-7-11-24(33)34-19-23(8-4-2)35(26(34)36)20-27(12-14-28-15-13-27)22-10-6-9-21(18-22)25-29-31-32-30-25/h6-7,9-15,17-19,28H,3-5,8,16,20H2,1-2H3,(H,29,30,31,32). The first-order valence-corrected chi connectivity index (χ1v) is 12.6. The van der Waals surface area contributed by atoms with E-state index in [1.807, 2.05) is 47.4 Å². The van der Waals surface area contributed by atoms with Crippen molar-refractivity contribution in [1.82, 2.24) is 39.6 Å². The smallest absolute Gasteiger partial charge is 0.334 e. The molecule has 0 fully saturated rings. The Morgan fingerprint density at radius 3 is 2.67 bits per heavy atom. The van der Waals surface area contributed by atoms with Crippen molar-refractivity contribution in [3.63, 3.8) is 0 Å². The van der Waals surface area contributed by atoms with Crippen LogP contribution in [0, 0.1) is 0 Å². The molecular formula is C27H32N8O. The molecule has 2 N–H and O–H groups in total. The Labute approximate surface area is 210 Å². The van der Waals surface area contributed by atoms with Crippen molar-refractivity contribution < 1.29 is 0 Å². The number of tetrazole rings is 1. The largest absolute Gasteiger partial charge is 0.368 e. The van der Waals surface area contributed by atoms with Crippen LogP contribution in [0.3, 0.4) is 0 Å². The van der Waals surface area contributed by atoms with Crippen molar-refractivity contribution in [3.05, 3.63) is 95.1 Å². The topological polar surface area (TPSA) is 98.3 Å². The van der Waals surface area contributed by atoms with Crippen LogP contribution in [-0.2, 0) is 24.9 Å². The predicted octanol–water partition coefficient (Wildman–Crippen LogP) is 3.94. The maximum Gasteiger partial charge on any atom is 0.334 e. The summed E-state index contributed by atoms with van der Waals surface area (Å²) in [6.07, 6.45) is 16.1. The van der Waals surface area contributed by atoms with E-state index < -0.39 is 5.41 Å². The fourth-order valence-corrected chi connectivity index (χ4v) is 4.84. The van der Waals surface area contributed by atoms with Crippen LogP contribution in [0.25, 0.3) is 17.2 Å². The van der Waals surface area contributed by atoms with Gasteiger partial charge in [-0.1, -0.05) is 57.0 Å². The lowest BCUT2D eigenvalue weighted by Crippen LogP contribution is -2.36. The van der Waals surface area contributed by atoms with Gasteiger partial charge in [-0.15, -0.1) is 10.2 Å². The minimum atomic E-state index is -0.520. The lowest BCUT2D eigenvalue weighted by molar-refractivity contribution is 0.496. The molecule has 36 heavy (non-hydrogen) atoms.